The Labute approximate surface area is 111 Å². The van der Waals surface area contributed by atoms with Gasteiger partial charge < -0.3 is 5.32 Å². The van der Waals surface area contributed by atoms with E-state index in [-0.39, 0.29) is 5.91 Å². The van der Waals surface area contributed by atoms with Gasteiger partial charge in [0.05, 0.1) is 5.56 Å². The van der Waals surface area contributed by atoms with Gasteiger partial charge in [0, 0.05) is 17.6 Å². The number of aromatic nitrogens is 1. The summed E-state index contributed by atoms with van der Waals surface area (Å²) in [6.07, 6.45) is 1.64. The van der Waals surface area contributed by atoms with Crippen molar-refractivity contribution in [3.63, 3.8) is 0 Å². The Morgan fingerprint density at radius 2 is 2.12 bits per heavy atom. The first-order valence-corrected chi connectivity index (χ1v) is 9.53. The number of hydrogen-bond acceptors (Lipinski definition) is 2. The summed E-state index contributed by atoms with van der Waals surface area (Å²) in [5.74, 6) is 3.48. The van der Waals surface area contributed by atoms with Crippen molar-refractivity contribution in [2.24, 2.45) is 0 Å². The molecule has 1 heterocycles. The molecule has 0 bridgehead atoms. The van der Waals surface area contributed by atoms with Crippen molar-refractivity contribution < 1.29 is 4.79 Å². The molecule has 1 amide bonds. The molecule has 0 unspecified atom stereocenters. The summed E-state index contributed by atoms with van der Waals surface area (Å²) in [4.78, 5) is 15.2. The zero-order valence-corrected chi connectivity index (χ0v) is 13.0. The van der Waals surface area contributed by atoms with Gasteiger partial charge in [-0.2, -0.15) is 0 Å². The minimum atomic E-state index is -1.44. The molecule has 0 aliphatic heterocycles. The molecule has 1 aromatic rings. The zero-order valence-electron chi connectivity index (χ0n) is 10.4. The number of anilines is 1. The Bertz CT molecular complexity index is 497. The molecule has 0 fully saturated rings. The standard InChI is InChI=1S/C12H15BrN2OSi/c1-9(16)15-12-10(5-6-17(2,3)4)7-11(13)8-14-12/h7-8H,1-4H3,(H,14,15,16). The van der Waals surface area contributed by atoms with E-state index in [2.05, 4.69) is 57.3 Å². The molecule has 1 rings (SSSR count). The van der Waals surface area contributed by atoms with E-state index in [0.717, 1.165) is 10.0 Å². The lowest BCUT2D eigenvalue weighted by Gasteiger charge is -2.06. The van der Waals surface area contributed by atoms with Crippen LogP contribution < -0.4 is 5.32 Å². The van der Waals surface area contributed by atoms with Gasteiger partial charge in [0.15, 0.2) is 0 Å². The number of amides is 1. The zero-order chi connectivity index (χ0) is 13.1. The van der Waals surface area contributed by atoms with E-state index in [0.29, 0.717) is 5.82 Å². The average molecular weight is 311 g/mol. The van der Waals surface area contributed by atoms with E-state index in [1.165, 1.54) is 6.92 Å². The molecule has 90 valence electrons. The third-order valence-corrected chi connectivity index (χ3v) is 3.03. The fraction of sp³-hybridized carbons (Fsp3) is 0.333. The minimum absolute atomic E-state index is 0.143. The van der Waals surface area contributed by atoms with Crippen molar-refractivity contribution in [2.45, 2.75) is 26.6 Å². The van der Waals surface area contributed by atoms with E-state index in [4.69, 9.17) is 0 Å². The van der Waals surface area contributed by atoms with Crippen molar-refractivity contribution in [3.05, 3.63) is 22.3 Å². The monoisotopic (exact) mass is 310 g/mol. The van der Waals surface area contributed by atoms with Crippen LogP contribution in [0.4, 0.5) is 5.82 Å². The fourth-order valence-electron chi connectivity index (χ4n) is 1.06. The summed E-state index contributed by atoms with van der Waals surface area (Å²) in [6, 6.07) is 1.87. The maximum absolute atomic E-state index is 11.0. The van der Waals surface area contributed by atoms with Crippen molar-refractivity contribution in [3.8, 4) is 11.5 Å². The molecular weight excluding hydrogens is 296 g/mol. The first-order valence-electron chi connectivity index (χ1n) is 5.24. The van der Waals surface area contributed by atoms with Crippen molar-refractivity contribution >= 4 is 35.7 Å². The highest BCUT2D eigenvalue weighted by Crippen LogP contribution is 2.17. The second-order valence-corrected chi connectivity index (χ2v) is 10.4. The third-order valence-electron chi connectivity index (χ3n) is 1.72. The molecule has 0 aromatic carbocycles. The lowest BCUT2D eigenvalue weighted by molar-refractivity contribution is -0.114. The number of hydrogen-bond donors (Lipinski definition) is 1. The minimum Gasteiger partial charge on any atom is -0.310 e. The van der Waals surface area contributed by atoms with E-state index < -0.39 is 8.07 Å². The molecule has 0 aliphatic rings. The highest BCUT2D eigenvalue weighted by Gasteiger charge is 2.09. The number of nitrogens with zero attached hydrogens (tertiary/aromatic N) is 1. The van der Waals surface area contributed by atoms with Crippen LogP contribution in [0.1, 0.15) is 12.5 Å². The molecule has 3 nitrogen and oxygen atoms in total. The Morgan fingerprint density at radius 3 is 2.65 bits per heavy atom. The molecule has 1 N–H and O–H groups in total. The number of carbonyl (C=O) groups is 1. The topological polar surface area (TPSA) is 42.0 Å². The molecule has 17 heavy (non-hydrogen) atoms. The average Bonchev–Trinajstić information content (AvgIpc) is 2.16. The largest absolute Gasteiger partial charge is 0.310 e. The van der Waals surface area contributed by atoms with E-state index in [9.17, 15) is 4.79 Å². The van der Waals surface area contributed by atoms with Gasteiger partial charge in [-0.15, -0.1) is 5.54 Å². The summed E-state index contributed by atoms with van der Waals surface area (Å²) in [6.45, 7) is 7.97. The van der Waals surface area contributed by atoms with Gasteiger partial charge in [0.25, 0.3) is 0 Å². The van der Waals surface area contributed by atoms with Crippen molar-refractivity contribution in [2.75, 3.05) is 5.32 Å². The molecule has 0 saturated carbocycles. The first kappa shape index (κ1) is 13.9. The maximum atomic E-state index is 11.0. The summed E-state index contributed by atoms with van der Waals surface area (Å²) >= 11 is 3.35. The molecule has 5 heteroatoms. The van der Waals surface area contributed by atoms with Gasteiger partial charge in [-0.25, -0.2) is 4.98 Å². The Kier molecular flexibility index (Phi) is 4.49. The summed E-state index contributed by atoms with van der Waals surface area (Å²) < 4.78 is 0.853. The normalized spacial score (nSPS) is 10.4. The molecule has 0 radical (unpaired) electrons. The van der Waals surface area contributed by atoms with E-state index in [1.54, 1.807) is 6.20 Å². The quantitative estimate of drug-likeness (QED) is 0.640. The highest BCUT2D eigenvalue weighted by molar-refractivity contribution is 9.10. The molecular formula is C12H15BrN2OSi. The number of halogens is 1. The van der Waals surface area contributed by atoms with Crippen LogP contribution in [0.15, 0.2) is 16.7 Å². The van der Waals surface area contributed by atoms with Crippen molar-refractivity contribution in [1.82, 2.24) is 4.98 Å². The highest BCUT2D eigenvalue weighted by atomic mass is 79.9. The van der Waals surface area contributed by atoms with Crippen LogP contribution in [0.2, 0.25) is 19.6 Å². The number of nitrogens with one attached hydrogen (secondary N) is 1. The Hall–Kier alpha value is -1.12. The predicted molar refractivity (Wildman–Crippen MR) is 76.5 cm³/mol. The van der Waals surface area contributed by atoms with Gasteiger partial charge in [-0.05, 0) is 22.0 Å². The first-order chi connectivity index (χ1) is 7.78. The van der Waals surface area contributed by atoms with Crippen LogP contribution in [0.3, 0.4) is 0 Å². The van der Waals surface area contributed by atoms with Gasteiger partial charge >= 0.3 is 0 Å². The number of pyridine rings is 1. The number of carbonyl (C=O) groups excluding carboxylic acids is 1. The van der Waals surface area contributed by atoms with Gasteiger partial charge in [-0.1, -0.05) is 25.6 Å². The molecule has 0 saturated heterocycles. The number of rotatable bonds is 1. The fourth-order valence-corrected chi connectivity index (χ4v) is 1.90. The van der Waals surface area contributed by atoms with E-state index >= 15 is 0 Å². The second-order valence-electron chi connectivity index (χ2n) is 4.73. The predicted octanol–water partition coefficient (Wildman–Crippen LogP) is 3.03. The van der Waals surface area contributed by atoms with Crippen LogP contribution in [0, 0.1) is 11.5 Å². The molecule has 1 aromatic heterocycles. The van der Waals surface area contributed by atoms with Crippen LogP contribution in [0.5, 0.6) is 0 Å². The van der Waals surface area contributed by atoms with Gasteiger partial charge in [0.2, 0.25) is 5.91 Å². The Morgan fingerprint density at radius 1 is 1.47 bits per heavy atom. The molecule has 0 spiro atoms. The lowest BCUT2D eigenvalue weighted by atomic mass is 10.2. The molecule has 0 aliphatic carbocycles. The SMILES string of the molecule is CC(=O)Nc1ncc(Br)cc1C#C[Si](C)(C)C. The van der Waals surface area contributed by atoms with Crippen LogP contribution >= 0.6 is 15.9 Å². The smallest absolute Gasteiger partial charge is 0.222 e. The van der Waals surface area contributed by atoms with Gasteiger partial charge in [0.1, 0.15) is 13.9 Å². The van der Waals surface area contributed by atoms with Crippen LogP contribution in [0.25, 0.3) is 0 Å². The summed E-state index contributed by atoms with van der Waals surface area (Å²) in [7, 11) is -1.44. The van der Waals surface area contributed by atoms with Crippen LogP contribution in [-0.4, -0.2) is 19.0 Å². The van der Waals surface area contributed by atoms with Crippen LogP contribution in [-0.2, 0) is 4.79 Å². The Balaban J connectivity index is 3.14. The third kappa shape index (κ3) is 5.15. The van der Waals surface area contributed by atoms with E-state index in [1.807, 2.05) is 6.07 Å². The second kappa shape index (κ2) is 5.47. The molecule has 0 atom stereocenters. The lowest BCUT2D eigenvalue weighted by Crippen LogP contribution is -2.16. The summed E-state index contributed by atoms with van der Waals surface area (Å²) in [5, 5.41) is 2.68. The summed E-state index contributed by atoms with van der Waals surface area (Å²) in [5.41, 5.74) is 4.00. The maximum Gasteiger partial charge on any atom is 0.222 e. The van der Waals surface area contributed by atoms with Crippen molar-refractivity contribution in [1.29, 1.82) is 0 Å². The van der Waals surface area contributed by atoms with Gasteiger partial charge in [-0.3, -0.25) is 4.79 Å².